The molecule has 1 aromatic carbocycles. The molecule has 0 atom stereocenters. The van der Waals surface area contributed by atoms with E-state index in [9.17, 15) is 23.1 Å². The fourth-order valence-electron chi connectivity index (χ4n) is 3.70. The standard InChI is InChI=1S/C23H23F3N6O3/c1-31-12-16(10-30-31)14-3-5-32-18(11-28-20(32)9-14)15-7-17(27-4-6-33)21(19(8-15)35-2)22(34)29-13-23(24,25)26/h3,5,7-12,27,33H,4,6,13H2,1-2H3,(H,29,34). The molecule has 0 saturated carbocycles. The molecule has 0 aliphatic carbocycles. The second-order valence-electron chi connectivity index (χ2n) is 7.74. The number of amides is 1. The molecule has 3 heterocycles. The maximum Gasteiger partial charge on any atom is 0.405 e. The summed E-state index contributed by atoms with van der Waals surface area (Å²) in [6.45, 7) is -1.65. The van der Waals surface area contributed by atoms with Gasteiger partial charge < -0.3 is 20.5 Å². The summed E-state index contributed by atoms with van der Waals surface area (Å²) in [4.78, 5) is 17.1. The average molecular weight is 488 g/mol. The van der Waals surface area contributed by atoms with Crippen LogP contribution >= 0.6 is 0 Å². The van der Waals surface area contributed by atoms with E-state index in [0.717, 1.165) is 11.1 Å². The zero-order valence-corrected chi connectivity index (χ0v) is 18.9. The lowest BCUT2D eigenvalue weighted by atomic mass is 10.0. The molecule has 9 nitrogen and oxygen atoms in total. The van der Waals surface area contributed by atoms with Crippen LogP contribution in [0.1, 0.15) is 10.4 Å². The Bertz CT molecular complexity index is 1360. The van der Waals surface area contributed by atoms with Crippen LogP contribution in [-0.2, 0) is 7.05 Å². The van der Waals surface area contributed by atoms with Crippen molar-refractivity contribution in [3.63, 3.8) is 0 Å². The predicted octanol–water partition coefficient (Wildman–Crippen LogP) is 3.11. The lowest BCUT2D eigenvalue weighted by molar-refractivity contribution is -0.123. The molecule has 0 aliphatic heterocycles. The summed E-state index contributed by atoms with van der Waals surface area (Å²) in [6.07, 6.45) is 2.57. The van der Waals surface area contributed by atoms with Gasteiger partial charge in [-0.25, -0.2) is 4.98 Å². The van der Waals surface area contributed by atoms with Crippen LogP contribution in [-0.4, -0.2) is 63.2 Å². The number of methoxy groups -OCH3 is 1. The molecule has 4 rings (SSSR count). The van der Waals surface area contributed by atoms with Gasteiger partial charge in [0.05, 0.1) is 37.5 Å². The number of nitrogens with zero attached hydrogens (tertiary/aromatic N) is 4. The van der Waals surface area contributed by atoms with Gasteiger partial charge in [-0.15, -0.1) is 0 Å². The largest absolute Gasteiger partial charge is 0.496 e. The van der Waals surface area contributed by atoms with Gasteiger partial charge in [-0.2, -0.15) is 18.3 Å². The maximum absolute atomic E-state index is 12.6. The number of ether oxygens (including phenoxy) is 1. The van der Waals surface area contributed by atoms with Crippen LogP contribution in [0.5, 0.6) is 5.75 Å². The minimum Gasteiger partial charge on any atom is -0.496 e. The summed E-state index contributed by atoms with van der Waals surface area (Å²) in [5.74, 6) is -0.880. The number of anilines is 1. The van der Waals surface area contributed by atoms with Crippen LogP contribution in [0.4, 0.5) is 18.9 Å². The van der Waals surface area contributed by atoms with Crippen LogP contribution in [0.25, 0.3) is 28.0 Å². The van der Waals surface area contributed by atoms with Crippen molar-refractivity contribution in [3.8, 4) is 28.1 Å². The molecule has 35 heavy (non-hydrogen) atoms. The SMILES string of the molecule is COc1cc(-c2cnc3cc(-c4cnn(C)c4)ccn23)cc(NCCO)c1C(=O)NCC(F)(F)F. The summed E-state index contributed by atoms with van der Waals surface area (Å²) in [5, 5.41) is 18.2. The van der Waals surface area contributed by atoms with E-state index in [1.165, 1.54) is 7.11 Å². The first-order valence-corrected chi connectivity index (χ1v) is 10.6. The van der Waals surface area contributed by atoms with Crippen LogP contribution in [0.3, 0.4) is 0 Å². The van der Waals surface area contributed by atoms with Gasteiger partial charge in [0.1, 0.15) is 23.5 Å². The number of rotatable bonds is 8. The number of aryl methyl sites for hydroxylation is 1. The Morgan fingerprint density at radius 1 is 1.17 bits per heavy atom. The van der Waals surface area contributed by atoms with E-state index < -0.39 is 18.6 Å². The molecule has 0 unspecified atom stereocenters. The lowest BCUT2D eigenvalue weighted by Crippen LogP contribution is -2.34. The quantitative estimate of drug-likeness (QED) is 0.352. The fourth-order valence-corrected chi connectivity index (χ4v) is 3.70. The van der Waals surface area contributed by atoms with Gasteiger partial charge in [-0.3, -0.25) is 13.9 Å². The first-order chi connectivity index (χ1) is 16.7. The number of nitrogens with one attached hydrogen (secondary N) is 2. The number of benzene rings is 1. The monoisotopic (exact) mass is 488 g/mol. The fraction of sp³-hybridized carbons (Fsp3) is 0.261. The van der Waals surface area contributed by atoms with E-state index in [1.54, 1.807) is 29.2 Å². The van der Waals surface area contributed by atoms with Gasteiger partial charge in [-0.1, -0.05) is 0 Å². The molecule has 12 heteroatoms. The second kappa shape index (κ2) is 9.66. The highest BCUT2D eigenvalue weighted by Crippen LogP contribution is 2.35. The smallest absolute Gasteiger partial charge is 0.405 e. The van der Waals surface area contributed by atoms with E-state index in [4.69, 9.17) is 4.74 Å². The van der Waals surface area contributed by atoms with Crippen molar-refractivity contribution in [2.45, 2.75) is 6.18 Å². The number of hydrogen-bond acceptors (Lipinski definition) is 6. The molecule has 3 aromatic heterocycles. The molecule has 0 saturated heterocycles. The third kappa shape index (κ3) is 5.22. The summed E-state index contributed by atoms with van der Waals surface area (Å²) < 4.78 is 46.8. The van der Waals surface area contributed by atoms with Crippen LogP contribution < -0.4 is 15.4 Å². The molecular weight excluding hydrogens is 465 g/mol. The molecule has 3 N–H and O–H groups in total. The number of alkyl halides is 3. The number of hydrogen-bond donors (Lipinski definition) is 3. The Balaban J connectivity index is 1.76. The summed E-state index contributed by atoms with van der Waals surface area (Å²) in [6, 6.07) is 6.99. The Kier molecular flexibility index (Phi) is 6.65. The molecule has 0 aliphatic rings. The zero-order chi connectivity index (χ0) is 25.2. The predicted molar refractivity (Wildman–Crippen MR) is 123 cm³/mol. The van der Waals surface area contributed by atoms with Gasteiger partial charge in [-0.05, 0) is 29.8 Å². The van der Waals surface area contributed by atoms with E-state index in [2.05, 4.69) is 15.4 Å². The summed E-state index contributed by atoms with van der Waals surface area (Å²) >= 11 is 0. The Morgan fingerprint density at radius 3 is 2.63 bits per heavy atom. The number of carbonyl (C=O) groups is 1. The first-order valence-electron chi connectivity index (χ1n) is 10.6. The van der Waals surface area contributed by atoms with Crippen molar-refractivity contribution in [3.05, 3.63) is 54.6 Å². The molecule has 0 radical (unpaired) electrons. The molecule has 4 aromatic rings. The highest BCUT2D eigenvalue weighted by atomic mass is 19.4. The Hall–Kier alpha value is -4.06. The average Bonchev–Trinajstić information content (AvgIpc) is 3.45. The molecular formula is C23H23F3N6O3. The van der Waals surface area contributed by atoms with Gasteiger partial charge in [0, 0.05) is 37.1 Å². The highest BCUT2D eigenvalue weighted by Gasteiger charge is 2.29. The lowest BCUT2D eigenvalue weighted by Gasteiger charge is -2.18. The topological polar surface area (TPSA) is 106 Å². The summed E-state index contributed by atoms with van der Waals surface area (Å²) in [5.41, 5.74) is 3.93. The Labute approximate surface area is 198 Å². The van der Waals surface area contributed by atoms with Crippen molar-refractivity contribution >= 4 is 17.2 Å². The number of aliphatic hydroxyl groups excluding tert-OH is 1. The number of pyridine rings is 1. The van der Waals surface area contributed by atoms with Gasteiger partial charge in [0.25, 0.3) is 5.91 Å². The van der Waals surface area contributed by atoms with Gasteiger partial charge in [0.2, 0.25) is 0 Å². The number of fused-ring (bicyclic) bond motifs is 1. The van der Waals surface area contributed by atoms with E-state index >= 15 is 0 Å². The minimum atomic E-state index is -4.56. The third-order valence-corrected chi connectivity index (χ3v) is 5.27. The van der Waals surface area contributed by atoms with Crippen molar-refractivity contribution in [2.24, 2.45) is 7.05 Å². The van der Waals surface area contributed by atoms with Crippen molar-refractivity contribution in [1.29, 1.82) is 0 Å². The van der Waals surface area contributed by atoms with E-state index in [1.807, 2.05) is 41.3 Å². The summed E-state index contributed by atoms with van der Waals surface area (Å²) in [7, 11) is 3.16. The van der Waals surface area contributed by atoms with E-state index in [0.29, 0.717) is 16.9 Å². The van der Waals surface area contributed by atoms with Crippen molar-refractivity contribution < 1.29 is 27.8 Å². The highest BCUT2D eigenvalue weighted by molar-refractivity contribution is 6.03. The van der Waals surface area contributed by atoms with E-state index in [-0.39, 0.29) is 30.2 Å². The number of aliphatic hydroxyl groups is 1. The molecule has 1 amide bonds. The van der Waals surface area contributed by atoms with Crippen LogP contribution in [0.15, 0.2) is 49.1 Å². The van der Waals surface area contributed by atoms with Crippen molar-refractivity contribution in [1.82, 2.24) is 24.5 Å². The Morgan fingerprint density at radius 2 is 1.97 bits per heavy atom. The normalized spacial score (nSPS) is 11.6. The van der Waals surface area contributed by atoms with Crippen molar-refractivity contribution in [2.75, 3.05) is 32.1 Å². The van der Waals surface area contributed by atoms with Crippen LogP contribution in [0, 0.1) is 0 Å². The first kappa shape index (κ1) is 24.1. The number of carbonyl (C=O) groups excluding carboxylic acids is 1. The maximum atomic E-state index is 12.6. The van der Waals surface area contributed by atoms with Crippen LogP contribution in [0.2, 0.25) is 0 Å². The third-order valence-electron chi connectivity index (χ3n) is 5.27. The minimum absolute atomic E-state index is 0.0737. The number of aromatic nitrogens is 4. The van der Waals surface area contributed by atoms with Gasteiger partial charge in [0.15, 0.2) is 0 Å². The molecule has 184 valence electrons. The number of halogens is 3. The molecule has 0 fully saturated rings. The molecule has 0 bridgehead atoms. The second-order valence-corrected chi connectivity index (χ2v) is 7.74. The zero-order valence-electron chi connectivity index (χ0n) is 18.9. The van der Waals surface area contributed by atoms with Gasteiger partial charge >= 0.3 is 6.18 Å². The number of imidazole rings is 1. The molecule has 0 spiro atoms.